The minimum atomic E-state index is -0.364. The molecule has 4 rings (SSSR count). The van der Waals surface area contributed by atoms with Gasteiger partial charge in [-0.1, -0.05) is 11.3 Å². The topological polar surface area (TPSA) is 107 Å². The van der Waals surface area contributed by atoms with Gasteiger partial charge in [0, 0.05) is 38.3 Å². The zero-order valence-corrected chi connectivity index (χ0v) is 21.3. The number of aliphatic hydroxyl groups is 1. The van der Waals surface area contributed by atoms with Gasteiger partial charge >= 0.3 is 5.97 Å². The average molecular weight is 490 g/mol. The van der Waals surface area contributed by atoms with E-state index in [1.807, 2.05) is 0 Å². The van der Waals surface area contributed by atoms with Crippen molar-refractivity contribution in [2.75, 3.05) is 62.0 Å². The van der Waals surface area contributed by atoms with Crippen molar-refractivity contribution in [3.05, 3.63) is 16.6 Å². The number of aryl methyl sites for hydroxylation is 1. The van der Waals surface area contributed by atoms with Crippen LogP contribution in [0, 0.1) is 6.92 Å². The molecule has 2 aromatic rings. The largest absolute Gasteiger partial charge is 0.462 e. The SMILES string of the molecule is CCOC(=O)c1sc(Nc2nc(N3CCC(O)CC3)cc(N3CCC(N(C)C)CC3)n2)nc1C. The Morgan fingerprint density at radius 3 is 2.26 bits per heavy atom. The van der Waals surface area contributed by atoms with Gasteiger partial charge in [-0.05, 0) is 53.6 Å². The fourth-order valence-electron chi connectivity index (χ4n) is 4.44. The van der Waals surface area contributed by atoms with Crippen LogP contribution in [0.15, 0.2) is 6.07 Å². The molecular weight excluding hydrogens is 454 g/mol. The smallest absolute Gasteiger partial charge is 0.350 e. The number of nitrogens with zero attached hydrogens (tertiary/aromatic N) is 6. The van der Waals surface area contributed by atoms with Gasteiger partial charge in [0.15, 0.2) is 5.13 Å². The van der Waals surface area contributed by atoms with Gasteiger partial charge in [0.2, 0.25) is 5.95 Å². The molecule has 0 aliphatic carbocycles. The molecule has 0 bridgehead atoms. The predicted molar refractivity (Wildman–Crippen MR) is 134 cm³/mol. The third-order valence-corrected chi connectivity index (χ3v) is 7.54. The van der Waals surface area contributed by atoms with Crippen LogP contribution in [0.2, 0.25) is 0 Å². The highest BCUT2D eigenvalue weighted by Gasteiger charge is 2.25. The van der Waals surface area contributed by atoms with Gasteiger partial charge in [0.25, 0.3) is 0 Å². The van der Waals surface area contributed by atoms with E-state index in [-0.39, 0.29) is 12.1 Å². The monoisotopic (exact) mass is 489 g/mol. The normalized spacial score (nSPS) is 17.9. The van der Waals surface area contributed by atoms with Gasteiger partial charge in [0.05, 0.1) is 18.4 Å². The summed E-state index contributed by atoms with van der Waals surface area (Å²) in [7, 11) is 4.27. The number of aromatic nitrogens is 3. The molecule has 0 atom stereocenters. The highest BCUT2D eigenvalue weighted by Crippen LogP contribution is 2.30. The Hall–Kier alpha value is -2.50. The number of nitrogens with one attached hydrogen (secondary N) is 1. The molecule has 0 amide bonds. The number of hydrogen-bond donors (Lipinski definition) is 2. The summed E-state index contributed by atoms with van der Waals surface area (Å²) in [4.78, 5) is 33.6. The number of anilines is 4. The quantitative estimate of drug-likeness (QED) is 0.564. The molecule has 0 saturated carbocycles. The molecule has 10 nitrogen and oxygen atoms in total. The van der Waals surface area contributed by atoms with Crippen LogP contribution in [0.25, 0.3) is 0 Å². The molecule has 2 aliphatic rings. The molecule has 0 spiro atoms. The number of carbonyl (C=O) groups is 1. The van der Waals surface area contributed by atoms with E-state index in [0.29, 0.717) is 34.3 Å². The maximum atomic E-state index is 12.2. The lowest BCUT2D eigenvalue weighted by Crippen LogP contribution is -2.42. The molecular formula is C23H35N7O3S. The molecule has 34 heavy (non-hydrogen) atoms. The standard InChI is InChI=1S/C23H35N7O3S/c1-5-33-21(32)20-15(2)24-23(34-20)27-22-25-18(29-10-6-16(7-11-29)28(3)4)14-19(26-22)30-12-8-17(31)9-13-30/h14,16-17,31H,5-13H2,1-4H3,(H,24,25,26,27). The van der Waals surface area contributed by atoms with Crippen molar-refractivity contribution in [1.82, 2.24) is 19.9 Å². The summed E-state index contributed by atoms with van der Waals surface area (Å²) in [6.07, 6.45) is 3.37. The summed E-state index contributed by atoms with van der Waals surface area (Å²) in [5.41, 5.74) is 0.623. The molecule has 2 aliphatic heterocycles. The number of piperidine rings is 2. The van der Waals surface area contributed by atoms with E-state index < -0.39 is 0 Å². The molecule has 0 unspecified atom stereocenters. The second kappa shape index (κ2) is 10.8. The van der Waals surface area contributed by atoms with Gasteiger partial charge in [0.1, 0.15) is 16.5 Å². The summed E-state index contributed by atoms with van der Waals surface area (Å²) < 4.78 is 5.14. The molecule has 2 fully saturated rings. The van der Waals surface area contributed by atoms with E-state index in [1.165, 1.54) is 11.3 Å². The fourth-order valence-corrected chi connectivity index (χ4v) is 5.29. The van der Waals surface area contributed by atoms with Crippen molar-refractivity contribution in [1.29, 1.82) is 0 Å². The number of thiazole rings is 1. The molecule has 11 heteroatoms. The second-order valence-electron chi connectivity index (χ2n) is 9.09. The van der Waals surface area contributed by atoms with E-state index in [2.05, 4.69) is 45.2 Å². The number of ether oxygens (including phenoxy) is 1. The van der Waals surface area contributed by atoms with Crippen LogP contribution in [0.4, 0.5) is 22.7 Å². The van der Waals surface area contributed by atoms with Gasteiger partial charge in [-0.15, -0.1) is 0 Å². The Morgan fingerprint density at radius 1 is 1.12 bits per heavy atom. The number of hydrogen-bond acceptors (Lipinski definition) is 11. The van der Waals surface area contributed by atoms with E-state index >= 15 is 0 Å². The summed E-state index contributed by atoms with van der Waals surface area (Å²) in [6.45, 7) is 7.27. The van der Waals surface area contributed by atoms with Crippen LogP contribution >= 0.6 is 11.3 Å². The Bertz CT molecular complexity index is 983. The van der Waals surface area contributed by atoms with Crippen molar-refractivity contribution in [3.8, 4) is 0 Å². The van der Waals surface area contributed by atoms with E-state index in [1.54, 1.807) is 13.8 Å². The molecule has 2 saturated heterocycles. The summed E-state index contributed by atoms with van der Waals surface area (Å²) in [5, 5.41) is 13.7. The first-order valence-electron chi connectivity index (χ1n) is 12.0. The van der Waals surface area contributed by atoms with Crippen molar-refractivity contribution >= 4 is 40.0 Å². The Kier molecular flexibility index (Phi) is 7.84. The zero-order valence-electron chi connectivity index (χ0n) is 20.5. The second-order valence-corrected chi connectivity index (χ2v) is 10.1. The van der Waals surface area contributed by atoms with E-state index in [4.69, 9.17) is 14.7 Å². The fraction of sp³-hybridized carbons (Fsp3) is 0.652. The minimum Gasteiger partial charge on any atom is -0.462 e. The zero-order chi connectivity index (χ0) is 24.2. The van der Waals surface area contributed by atoms with Crippen LogP contribution in [-0.2, 0) is 4.74 Å². The third kappa shape index (κ3) is 5.76. The summed E-state index contributed by atoms with van der Waals surface area (Å²) in [5.74, 6) is 1.82. The first kappa shape index (κ1) is 24.6. The minimum absolute atomic E-state index is 0.250. The average Bonchev–Trinajstić information content (AvgIpc) is 3.19. The van der Waals surface area contributed by atoms with Crippen LogP contribution in [-0.4, -0.2) is 90.0 Å². The first-order chi connectivity index (χ1) is 16.3. The predicted octanol–water partition coefficient (Wildman–Crippen LogP) is 2.65. The number of carbonyl (C=O) groups excluding carboxylic acids is 1. The molecule has 4 heterocycles. The first-order valence-corrected chi connectivity index (χ1v) is 12.8. The summed E-state index contributed by atoms with van der Waals surface area (Å²) in [6, 6.07) is 2.63. The van der Waals surface area contributed by atoms with Gasteiger partial charge in [-0.25, -0.2) is 9.78 Å². The van der Waals surface area contributed by atoms with Crippen LogP contribution in [0.5, 0.6) is 0 Å². The van der Waals surface area contributed by atoms with Crippen molar-refractivity contribution in [3.63, 3.8) is 0 Å². The van der Waals surface area contributed by atoms with E-state index in [9.17, 15) is 9.90 Å². The molecule has 2 aromatic heterocycles. The maximum Gasteiger partial charge on any atom is 0.350 e. The molecule has 186 valence electrons. The van der Waals surface area contributed by atoms with Crippen molar-refractivity contribution in [2.24, 2.45) is 0 Å². The Balaban J connectivity index is 1.59. The van der Waals surface area contributed by atoms with Crippen molar-refractivity contribution in [2.45, 2.75) is 51.7 Å². The molecule has 2 N–H and O–H groups in total. The van der Waals surface area contributed by atoms with Gasteiger partial charge in [-0.3, -0.25) is 5.32 Å². The highest BCUT2D eigenvalue weighted by atomic mass is 32.1. The lowest BCUT2D eigenvalue weighted by Gasteiger charge is -2.36. The van der Waals surface area contributed by atoms with Crippen LogP contribution in [0.1, 0.15) is 48.0 Å². The van der Waals surface area contributed by atoms with Crippen LogP contribution < -0.4 is 15.1 Å². The van der Waals surface area contributed by atoms with Crippen LogP contribution in [0.3, 0.4) is 0 Å². The van der Waals surface area contributed by atoms with Crippen molar-refractivity contribution < 1.29 is 14.6 Å². The number of aliphatic hydroxyl groups excluding tert-OH is 1. The summed E-state index contributed by atoms with van der Waals surface area (Å²) >= 11 is 1.25. The number of rotatable bonds is 7. The Morgan fingerprint density at radius 2 is 1.71 bits per heavy atom. The van der Waals surface area contributed by atoms with Gasteiger partial charge < -0.3 is 24.5 Å². The third-order valence-electron chi connectivity index (χ3n) is 6.48. The molecule has 0 aromatic carbocycles. The highest BCUT2D eigenvalue weighted by molar-refractivity contribution is 7.17. The Labute approximate surface area is 205 Å². The number of esters is 1. The molecule has 0 radical (unpaired) electrons. The van der Waals surface area contributed by atoms with E-state index in [0.717, 1.165) is 63.5 Å². The van der Waals surface area contributed by atoms with Gasteiger partial charge in [-0.2, -0.15) is 9.97 Å². The lowest BCUT2D eigenvalue weighted by molar-refractivity contribution is 0.0531. The lowest BCUT2D eigenvalue weighted by atomic mass is 10.0. The maximum absolute atomic E-state index is 12.2.